The van der Waals surface area contributed by atoms with Gasteiger partial charge in [0.25, 0.3) is 0 Å². The summed E-state index contributed by atoms with van der Waals surface area (Å²) in [7, 11) is 1.72. The monoisotopic (exact) mass is 360 g/mol. The fourth-order valence-corrected chi connectivity index (χ4v) is 2.82. The predicted octanol–water partition coefficient (Wildman–Crippen LogP) is 4.07. The molecule has 23 heavy (non-hydrogen) atoms. The zero-order valence-electron chi connectivity index (χ0n) is 12.3. The minimum atomic E-state index is -2.93. The van der Waals surface area contributed by atoms with E-state index in [1.54, 1.807) is 23.3 Å². The van der Waals surface area contributed by atoms with Crippen LogP contribution in [0.1, 0.15) is 4.88 Å². The molecule has 0 spiro atoms. The highest BCUT2D eigenvalue weighted by molar-refractivity contribution is 7.09. The number of benzene rings is 1. The number of rotatable bonds is 7. The largest absolute Gasteiger partial charge is 0.433 e. The molecule has 1 aromatic carbocycles. The first kappa shape index (κ1) is 17.5. The van der Waals surface area contributed by atoms with E-state index in [1.165, 1.54) is 18.2 Å². The fourth-order valence-electron chi connectivity index (χ4n) is 1.84. The first-order valence-electron chi connectivity index (χ1n) is 6.70. The molecule has 2 aromatic rings. The lowest BCUT2D eigenvalue weighted by atomic mass is 10.3. The summed E-state index contributed by atoms with van der Waals surface area (Å²) in [6.07, 6.45) is 0. The van der Waals surface area contributed by atoms with Gasteiger partial charge in [0.2, 0.25) is 5.91 Å². The van der Waals surface area contributed by atoms with Crippen LogP contribution in [0.2, 0.25) is 5.02 Å². The molecular weight excluding hydrogens is 346 g/mol. The van der Waals surface area contributed by atoms with Crippen LogP contribution in [-0.4, -0.2) is 31.0 Å². The van der Waals surface area contributed by atoms with Gasteiger partial charge in [0, 0.05) is 17.6 Å². The lowest BCUT2D eigenvalue weighted by Gasteiger charge is -2.17. The molecule has 0 unspecified atom stereocenters. The second kappa shape index (κ2) is 8.12. The van der Waals surface area contributed by atoms with Crippen molar-refractivity contribution >= 4 is 34.5 Å². The Morgan fingerprint density at radius 3 is 2.83 bits per heavy atom. The number of amides is 1. The molecule has 8 heteroatoms. The lowest BCUT2D eigenvalue weighted by Crippen LogP contribution is -2.31. The van der Waals surface area contributed by atoms with Gasteiger partial charge in [-0.15, -0.1) is 11.3 Å². The molecule has 2 rings (SSSR count). The van der Waals surface area contributed by atoms with E-state index in [1.807, 2.05) is 17.5 Å². The van der Waals surface area contributed by atoms with E-state index in [9.17, 15) is 13.6 Å². The normalized spacial score (nSPS) is 10.7. The Morgan fingerprint density at radius 1 is 1.43 bits per heavy atom. The molecule has 0 radical (unpaired) electrons. The van der Waals surface area contributed by atoms with Crippen molar-refractivity contribution in [1.82, 2.24) is 4.90 Å². The SMILES string of the molecule is CN(Cc1cccs1)C(=O)CNc1ccc(OC(F)F)c(Cl)c1. The Balaban J connectivity index is 1.87. The number of ether oxygens (including phenoxy) is 1. The minimum Gasteiger partial charge on any atom is -0.433 e. The summed E-state index contributed by atoms with van der Waals surface area (Å²) < 4.78 is 28.6. The molecule has 1 N–H and O–H groups in total. The first-order valence-corrected chi connectivity index (χ1v) is 7.96. The summed E-state index contributed by atoms with van der Waals surface area (Å²) >= 11 is 7.44. The van der Waals surface area contributed by atoms with Crippen LogP contribution in [0.15, 0.2) is 35.7 Å². The highest BCUT2D eigenvalue weighted by Crippen LogP contribution is 2.28. The van der Waals surface area contributed by atoms with E-state index in [2.05, 4.69) is 10.1 Å². The number of likely N-dealkylation sites (N-methyl/N-ethyl adjacent to an activating group) is 1. The summed E-state index contributed by atoms with van der Waals surface area (Å²) in [5.74, 6) is -0.198. The number of hydrogen-bond donors (Lipinski definition) is 1. The number of thiophene rings is 1. The van der Waals surface area contributed by atoms with E-state index >= 15 is 0 Å². The van der Waals surface area contributed by atoms with E-state index in [4.69, 9.17) is 11.6 Å². The van der Waals surface area contributed by atoms with Crippen molar-refractivity contribution in [2.45, 2.75) is 13.2 Å². The summed E-state index contributed by atoms with van der Waals surface area (Å²) in [5, 5.41) is 4.92. The highest BCUT2D eigenvalue weighted by atomic mass is 35.5. The standard InChI is InChI=1S/C15H15ClF2N2O2S/c1-20(9-11-3-2-6-23-11)14(21)8-19-10-4-5-13(12(16)7-10)22-15(17)18/h2-7,15,19H,8-9H2,1H3. The zero-order valence-corrected chi connectivity index (χ0v) is 13.8. The van der Waals surface area contributed by atoms with Gasteiger partial charge in [0.1, 0.15) is 5.75 Å². The van der Waals surface area contributed by atoms with Crippen LogP contribution in [0.4, 0.5) is 14.5 Å². The van der Waals surface area contributed by atoms with Crippen molar-refractivity contribution in [2.24, 2.45) is 0 Å². The second-order valence-electron chi connectivity index (χ2n) is 4.71. The Kier molecular flexibility index (Phi) is 6.18. The predicted molar refractivity (Wildman–Crippen MR) is 87.4 cm³/mol. The number of carbonyl (C=O) groups is 1. The van der Waals surface area contributed by atoms with Crippen LogP contribution in [0.3, 0.4) is 0 Å². The van der Waals surface area contributed by atoms with Gasteiger partial charge in [-0.05, 0) is 29.6 Å². The lowest BCUT2D eigenvalue weighted by molar-refractivity contribution is -0.128. The third-order valence-electron chi connectivity index (χ3n) is 2.99. The van der Waals surface area contributed by atoms with Gasteiger partial charge in [0.15, 0.2) is 0 Å². The Morgan fingerprint density at radius 2 is 2.22 bits per heavy atom. The molecule has 0 saturated carbocycles. The van der Waals surface area contributed by atoms with Crippen molar-refractivity contribution in [3.05, 3.63) is 45.6 Å². The molecule has 1 aromatic heterocycles. The second-order valence-corrected chi connectivity index (χ2v) is 6.15. The smallest absolute Gasteiger partial charge is 0.387 e. The number of nitrogens with one attached hydrogen (secondary N) is 1. The van der Waals surface area contributed by atoms with Gasteiger partial charge in [0.05, 0.1) is 18.1 Å². The van der Waals surface area contributed by atoms with Crippen molar-refractivity contribution < 1.29 is 18.3 Å². The number of nitrogens with zero attached hydrogens (tertiary/aromatic N) is 1. The zero-order chi connectivity index (χ0) is 16.8. The maximum atomic E-state index is 12.2. The van der Waals surface area contributed by atoms with Gasteiger partial charge < -0.3 is 15.0 Å². The molecule has 1 heterocycles. The van der Waals surface area contributed by atoms with Crippen LogP contribution in [0, 0.1) is 0 Å². The van der Waals surface area contributed by atoms with Gasteiger partial charge in [-0.25, -0.2) is 0 Å². The molecule has 0 aliphatic carbocycles. The van der Waals surface area contributed by atoms with Crippen molar-refractivity contribution in [1.29, 1.82) is 0 Å². The van der Waals surface area contributed by atoms with Crippen LogP contribution < -0.4 is 10.1 Å². The molecule has 0 aliphatic heterocycles. The van der Waals surface area contributed by atoms with Crippen LogP contribution >= 0.6 is 22.9 Å². The van der Waals surface area contributed by atoms with E-state index in [0.29, 0.717) is 12.2 Å². The van der Waals surface area contributed by atoms with Gasteiger partial charge in [-0.3, -0.25) is 4.79 Å². The average Bonchev–Trinajstić information content (AvgIpc) is 2.99. The average molecular weight is 361 g/mol. The molecular formula is C15H15ClF2N2O2S. The molecule has 0 fully saturated rings. The topological polar surface area (TPSA) is 41.6 Å². The number of carbonyl (C=O) groups excluding carboxylic acids is 1. The van der Waals surface area contributed by atoms with E-state index in [-0.39, 0.29) is 23.2 Å². The number of anilines is 1. The third kappa shape index (κ3) is 5.37. The van der Waals surface area contributed by atoms with Gasteiger partial charge in [-0.1, -0.05) is 17.7 Å². The highest BCUT2D eigenvalue weighted by Gasteiger charge is 2.12. The Labute approximate surface area is 141 Å². The Bertz CT molecular complexity index is 653. The van der Waals surface area contributed by atoms with Crippen LogP contribution in [0.25, 0.3) is 0 Å². The van der Waals surface area contributed by atoms with E-state index in [0.717, 1.165) is 4.88 Å². The van der Waals surface area contributed by atoms with Crippen molar-refractivity contribution in [3.8, 4) is 5.75 Å². The summed E-state index contributed by atoms with van der Waals surface area (Å²) in [6.45, 7) is -2.31. The molecule has 124 valence electrons. The van der Waals surface area contributed by atoms with Crippen LogP contribution in [-0.2, 0) is 11.3 Å². The molecule has 4 nitrogen and oxygen atoms in total. The minimum absolute atomic E-state index is 0.0506. The van der Waals surface area contributed by atoms with Crippen molar-refractivity contribution in [2.75, 3.05) is 18.9 Å². The molecule has 0 saturated heterocycles. The van der Waals surface area contributed by atoms with E-state index < -0.39 is 6.61 Å². The number of halogens is 3. The quantitative estimate of drug-likeness (QED) is 0.809. The number of alkyl halides is 2. The van der Waals surface area contributed by atoms with Gasteiger partial charge >= 0.3 is 6.61 Å². The van der Waals surface area contributed by atoms with Crippen molar-refractivity contribution in [3.63, 3.8) is 0 Å². The molecule has 0 aliphatic rings. The maximum absolute atomic E-state index is 12.2. The van der Waals surface area contributed by atoms with Gasteiger partial charge in [-0.2, -0.15) is 8.78 Å². The fraction of sp³-hybridized carbons (Fsp3) is 0.267. The third-order valence-corrected chi connectivity index (χ3v) is 4.15. The molecule has 0 bridgehead atoms. The maximum Gasteiger partial charge on any atom is 0.387 e. The molecule has 1 amide bonds. The Hall–Kier alpha value is -1.86. The molecule has 0 atom stereocenters. The number of hydrogen-bond acceptors (Lipinski definition) is 4. The summed E-state index contributed by atoms with van der Waals surface area (Å²) in [4.78, 5) is 14.8. The summed E-state index contributed by atoms with van der Waals surface area (Å²) in [5.41, 5.74) is 0.550. The van der Waals surface area contributed by atoms with Crippen LogP contribution in [0.5, 0.6) is 5.75 Å². The summed E-state index contributed by atoms with van der Waals surface area (Å²) in [6, 6.07) is 8.18. The first-order chi connectivity index (χ1) is 11.0.